The van der Waals surface area contributed by atoms with Gasteiger partial charge in [0.2, 0.25) is 10.0 Å². The van der Waals surface area contributed by atoms with Gasteiger partial charge in [0.25, 0.3) is 5.69 Å². The van der Waals surface area contributed by atoms with Crippen molar-refractivity contribution in [2.75, 3.05) is 6.61 Å². The molecular formula is C11H15FN2O5S. The van der Waals surface area contributed by atoms with Gasteiger partial charge in [0, 0.05) is 24.3 Å². The van der Waals surface area contributed by atoms with Gasteiger partial charge in [-0.3, -0.25) is 10.1 Å². The molecule has 0 atom stereocenters. The Hall–Kier alpha value is -1.58. The number of nitrogens with zero attached hydrogens (tertiary/aromatic N) is 1. The maximum absolute atomic E-state index is 13.6. The van der Waals surface area contributed by atoms with Crippen LogP contribution in [0.2, 0.25) is 0 Å². The van der Waals surface area contributed by atoms with E-state index in [2.05, 4.69) is 4.72 Å². The molecule has 0 heterocycles. The zero-order valence-corrected chi connectivity index (χ0v) is 11.8. The maximum Gasteiger partial charge on any atom is 0.270 e. The van der Waals surface area contributed by atoms with E-state index in [1.54, 1.807) is 0 Å². The highest BCUT2D eigenvalue weighted by atomic mass is 32.2. The zero-order chi connectivity index (χ0) is 15.6. The van der Waals surface area contributed by atoms with Gasteiger partial charge >= 0.3 is 0 Å². The molecule has 1 rings (SSSR count). The average molecular weight is 306 g/mol. The number of hydrogen-bond donors (Lipinski definition) is 2. The van der Waals surface area contributed by atoms with Crippen molar-refractivity contribution >= 4 is 15.7 Å². The minimum atomic E-state index is -4.27. The fraction of sp³-hybridized carbons (Fsp3) is 0.455. The predicted molar refractivity (Wildman–Crippen MR) is 69.2 cm³/mol. The minimum Gasteiger partial charge on any atom is -0.396 e. The number of nitrogens with one attached hydrogen (secondary N) is 1. The third kappa shape index (κ3) is 3.95. The summed E-state index contributed by atoms with van der Waals surface area (Å²) in [6, 6.07) is 2.27. The van der Waals surface area contributed by atoms with Gasteiger partial charge in [0.15, 0.2) is 0 Å². The molecule has 0 aliphatic carbocycles. The molecule has 0 radical (unpaired) electrons. The van der Waals surface area contributed by atoms with Crippen LogP contribution in [-0.2, 0) is 10.0 Å². The van der Waals surface area contributed by atoms with Crippen LogP contribution in [0.3, 0.4) is 0 Å². The van der Waals surface area contributed by atoms with Crippen LogP contribution in [0, 0.1) is 15.9 Å². The monoisotopic (exact) mass is 306 g/mol. The van der Waals surface area contributed by atoms with Crippen LogP contribution in [0.25, 0.3) is 0 Å². The number of benzene rings is 1. The van der Waals surface area contributed by atoms with E-state index in [9.17, 15) is 22.9 Å². The second-order valence-electron chi connectivity index (χ2n) is 4.83. The molecule has 0 fully saturated rings. The Labute approximate surface area is 115 Å². The highest BCUT2D eigenvalue weighted by Crippen LogP contribution is 2.23. The van der Waals surface area contributed by atoms with Gasteiger partial charge in [-0.15, -0.1) is 0 Å². The maximum atomic E-state index is 13.6. The van der Waals surface area contributed by atoms with Crippen molar-refractivity contribution in [3.05, 3.63) is 34.1 Å². The molecule has 2 N–H and O–H groups in total. The molecule has 0 aliphatic heterocycles. The van der Waals surface area contributed by atoms with Crippen molar-refractivity contribution in [1.29, 1.82) is 0 Å². The third-order valence-electron chi connectivity index (χ3n) is 2.56. The van der Waals surface area contributed by atoms with Gasteiger partial charge < -0.3 is 5.11 Å². The Bertz CT molecular complexity index is 615. The number of nitro groups is 1. The van der Waals surface area contributed by atoms with Crippen LogP contribution < -0.4 is 4.72 Å². The van der Waals surface area contributed by atoms with E-state index in [-0.39, 0.29) is 13.0 Å². The topological polar surface area (TPSA) is 110 Å². The van der Waals surface area contributed by atoms with Gasteiger partial charge in [-0.1, -0.05) is 0 Å². The number of aliphatic hydroxyl groups is 1. The largest absolute Gasteiger partial charge is 0.396 e. The average Bonchev–Trinajstić information content (AvgIpc) is 2.26. The number of aliphatic hydroxyl groups excluding tert-OH is 1. The fourth-order valence-corrected chi connectivity index (χ4v) is 3.10. The molecule has 1 aromatic rings. The summed E-state index contributed by atoms with van der Waals surface area (Å²) in [7, 11) is -4.27. The Morgan fingerprint density at radius 2 is 2.05 bits per heavy atom. The third-order valence-corrected chi connectivity index (χ3v) is 4.28. The number of hydrogen-bond acceptors (Lipinski definition) is 5. The van der Waals surface area contributed by atoms with E-state index in [1.165, 1.54) is 13.8 Å². The highest BCUT2D eigenvalue weighted by molar-refractivity contribution is 7.89. The van der Waals surface area contributed by atoms with E-state index in [1.807, 2.05) is 0 Å². The van der Waals surface area contributed by atoms with Crippen LogP contribution in [-0.4, -0.2) is 30.6 Å². The van der Waals surface area contributed by atoms with Crippen LogP contribution in [0.5, 0.6) is 0 Å². The van der Waals surface area contributed by atoms with Crippen LogP contribution in [0.15, 0.2) is 23.1 Å². The number of non-ortho nitro benzene ring substituents is 1. The Kier molecular flexibility index (Phi) is 4.79. The zero-order valence-electron chi connectivity index (χ0n) is 11.0. The second-order valence-corrected chi connectivity index (χ2v) is 6.49. The first-order valence-corrected chi connectivity index (χ1v) is 7.16. The fourth-order valence-electron chi connectivity index (χ4n) is 1.56. The smallest absolute Gasteiger partial charge is 0.270 e. The number of nitro benzene ring substituents is 1. The van der Waals surface area contributed by atoms with Crippen molar-refractivity contribution < 1.29 is 22.8 Å². The molecule has 0 aliphatic rings. The molecule has 0 saturated heterocycles. The van der Waals surface area contributed by atoms with Crippen molar-refractivity contribution in [1.82, 2.24) is 4.72 Å². The van der Waals surface area contributed by atoms with Gasteiger partial charge in [0.1, 0.15) is 10.7 Å². The first-order chi connectivity index (χ1) is 9.09. The highest BCUT2D eigenvalue weighted by Gasteiger charge is 2.29. The van der Waals surface area contributed by atoms with Crippen molar-refractivity contribution in [3.8, 4) is 0 Å². The molecule has 20 heavy (non-hydrogen) atoms. The van der Waals surface area contributed by atoms with Crippen molar-refractivity contribution in [2.45, 2.75) is 30.7 Å². The van der Waals surface area contributed by atoms with Gasteiger partial charge in [-0.25, -0.2) is 17.5 Å². The predicted octanol–water partition coefficient (Wildman–Crippen LogP) is 1.17. The number of sulfonamides is 1. The summed E-state index contributed by atoms with van der Waals surface area (Å²) in [6.45, 7) is 2.76. The first-order valence-electron chi connectivity index (χ1n) is 5.68. The molecule has 0 spiro atoms. The summed E-state index contributed by atoms with van der Waals surface area (Å²) in [5.41, 5.74) is -1.53. The second kappa shape index (κ2) is 5.81. The summed E-state index contributed by atoms with van der Waals surface area (Å²) >= 11 is 0. The Morgan fingerprint density at radius 3 is 2.55 bits per heavy atom. The van der Waals surface area contributed by atoms with E-state index in [0.717, 1.165) is 12.1 Å². The molecule has 0 aromatic heterocycles. The summed E-state index contributed by atoms with van der Waals surface area (Å²) in [6.07, 6.45) is 0.114. The molecule has 0 bridgehead atoms. The Balaban J connectivity index is 3.22. The van der Waals surface area contributed by atoms with Crippen molar-refractivity contribution in [2.24, 2.45) is 0 Å². The summed E-state index contributed by atoms with van der Waals surface area (Å²) in [5.74, 6) is -1.08. The molecule has 9 heteroatoms. The van der Waals surface area contributed by atoms with Gasteiger partial charge in [-0.2, -0.15) is 0 Å². The summed E-state index contributed by atoms with van der Waals surface area (Å²) < 4.78 is 39.9. The van der Waals surface area contributed by atoms with Crippen LogP contribution in [0.4, 0.5) is 10.1 Å². The molecule has 1 aromatic carbocycles. The number of halogens is 1. The lowest BCUT2D eigenvalue weighted by Crippen LogP contribution is -2.44. The van der Waals surface area contributed by atoms with Crippen molar-refractivity contribution in [3.63, 3.8) is 0 Å². The van der Waals surface area contributed by atoms with Crippen LogP contribution >= 0.6 is 0 Å². The molecular weight excluding hydrogens is 291 g/mol. The van der Waals surface area contributed by atoms with Gasteiger partial charge in [0.05, 0.1) is 4.92 Å². The molecule has 7 nitrogen and oxygen atoms in total. The molecule has 0 unspecified atom stereocenters. The van der Waals surface area contributed by atoms with E-state index >= 15 is 0 Å². The quantitative estimate of drug-likeness (QED) is 0.605. The van der Waals surface area contributed by atoms with E-state index in [0.29, 0.717) is 6.07 Å². The standard InChI is InChI=1S/C11H15FN2O5S/c1-11(2,5-6-15)13-20(18,19)10-7-8(14(16)17)3-4-9(10)12/h3-4,7,13,15H,5-6H2,1-2H3. The lowest BCUT2D eigenvalue weighted by atomic mass is 10.0. The van der Waals surface area contributed by atoms with E-state index < -0.39 is 36.9 Å². The van der Waals surface area contributed by atoms with E-state index in [4.69, 9.17) is 5.11 Å². The first kappa shape index (κ1) is 16.5. The minimum absolute atomic E-state index is 0.114. The molecule has 112 valence electrons. The Morgan fingerprint density at radius 1 is 1.45 bits per heavy atom. The summed E-state index contributed by atoms with van der Waals surface area (Å²) in [5, 5.41) is 19.5. The molecule has 0 amide bonds. The molecule has 0 saturated carbocycles. The summed E-state index contributed by atoms with van der Waals surface area (Å²) in [4.78, 5) is 9.01. The lowest BCUT2D eigenvalue weighted by Gasteiger charge is -2.25. The number of rotatable bonds is 6. The van der Waals surface area contributed by atoms with Gasteiger partial charge in [-0.05, 0) is 26.3 Å². The lowest BCUT2D eigenvalue weighted by molar-refractivity contribution is -0.385. The SMILES string of the molecule is CC(C)(CCO)NS(=O)(=O)c1cc([N+](=O)[O-])ccc1F. The van der Waals surface area contributed by atoms with Crippen LogP contribution in [0.1, 0.15) is 20.3 Å². The normalized spacial score (nSPS) is 12.4.